The van der Waals surface area contributed by atoms with Gasteiger partial charge in [0.25, 0.3) is 0 Å². The van der Waals surface area contributed by atoms with Crippen LogP contribution in [0.5, 0.6) is 5.88 Å². The van der Waals surface area contributed by atoms with Crippen LogP contribution < -0.4 is 10.1 Å². The summed E-state index contributed by atoms with van der Waals surface area (Å²) in [6.07, 6.45) is 3.65. The number of hydrogen-bond acceptors (Lipinski definition) is 4. The van der Waals surface area contributed by atoms with Crippen molar-refractivity contribution in [2.45, 2.75) is 38.0 Å². The Morgan fingerprint density at radius 2 is 2.14 bits per heavy atom. The number of fused-ring (bicyclic) bond motifs is 1. The second-order valence-electron chi connectivity index (χ2n) is 5.90. The van der Waals surface area contributed by atoms with Gasteiger partial charge in [-0.1, -0.05) is 18.2 Å². The molecule has 1 N–H and O–H groups in total. The Hall–Kier alpha value is -1.65. The standard InChI is InChI=1S/C17H20N2O2/c1-2-4-16-12(3-1)9-14(10-18-13-5-6-13)19-17(16)21-15-7-8-20-11-15/h1-4,9,13,15,18H,5-8,10-11H2. The van der Waals surface area contributed by atoms with E-state index in [2.05, 4.69) is 29.6 Å². The van der Waals surface area contributed by atoms with Crippen LogP contribution in [0.25, 0.3) is 10.8 Å². The molecule has 0 radical (unpaired) electrons. The van der Waals surface area contributed by atoms with E-state index in [0.717, 1.165) is 36.5 Å². The third-order valence-electron chi connectivity index (χ3n) is 4.07. The molecule has 1 unspecified atom stereocenters. The average molecular weight is 284 g/mol. The highest BCUT2D eigenvalue weighted by atomic mass is 16.5. The first-order valence-electron chi connectivity index (χ1n) is 7.75. The molecule has 4 heteroatoms. The topological polar surface area (TPSA) is 43.4 Å². The maximum absolute atomic E-state index is 6.09. The molecule has 21 heavy (non-hydrogen) atoms. The Bertz CT molecular complexity index is 634. The molecule has 1 aliphatic carbocycles. The summed E-state index contributed by atoms with van der Waals surface area (Å²) in [5, 5.41) is 5.79. The van der Waals surface area contributed by atoms with Crippen LogP contribution in [0.4, 0.5) is 0 Å². The number of ether oxygens (including phenoxy) is 2. The molecule has 1 aliphatic heterocycles. The molecular weight excluding hydrogens is 264 g/mol. The highest BCUT2D eigenvalue weighted by Crippen LogP contribution is 2.27. The van der Waals surface area contributed by atoms with Gasteiger partial charge in [-0.05, 0) is 30.4 Å². The number of hydrogen-bond donors (Lipinski definition) is 1. The minimum atomic E-state index is 0.132. The van der Waals surface area contributed by atoms with Crippen molar-refractivity contribution in [3.05, 3.63) is 36.0 Å². The van der Waals surface area contributed by atoms with Crippen LogP contribution in [0.15, 0.2) is 30.3 Å². The van der Waals surface area contributed by atoms with Crippen molar-refractivity contribution in [2.75, 3.05) is 13.2 Å². The lowest BCUT2D eigenvalue weighted by Crippen LogP contribution is -2.19. The Kier molecular flexibility index (Phi) is 3.49. The number of nitrogens with zero attached hydrogens (tertiary/aromatic N) is 1. The van der Waals surface area contributed by atoms with E-state index in [4.69, 9.17) is 14.5 Å². The van der Waals surface area contributed by atoms with E-state index in [1.165, 1.54) is 18.2 Å². The summed E-state index contributed by atoms with van der Waals surface area (Å²) in [4.78, 5) is 4.72. The Balaban J connectivity index is 1.63. The van der Waals surface area contributed by atoms with Gasteiger partial charge in [-0.15, -0.1) is 0 Å². The zero-order valence-corrected chi connectivity index (χ0v) is 12.0. The summed E-state index contributed by atoms with van der Waals surface area (Å²) in [6.45, 7) is 2.26. The highest BCUT2D eigenvalue weighted by Gasteiger charge is 2.22. The second kappa shape index (κ2) is 5.62. The molecule has 2 heterocycles. The lowest BCUT2D eigenvalue weighted by atomic mass is 10.1. The fraction of sp³-hybridized carbons (Fsp3) is 0.471. The number of rotatable bonds is 5. The van der Waals surface area contributed by atoms with E-state index < -0.39 is 0 Å². The predicted octanol–water partition coefficient (Wildman–Crippen LogP) is 2.65. The van der Waals surface area contributed by atoms with Gasteiger partial charge in [0.05, 0.1) is 18.9 Å². The summed E-state index contributed by atoms with van der Waals surface area (Å²) in [5.41, 5.74) is 1.05. The Morgan fingerprint density at radius 1 is 1.24 bits per heavy atom. The van der Waals surface area contributed by atoms with E-state index in [0.29, 0.717) is 12.6 Å². The Labute approximate surface area is 124 Å². The number of pyridine rings is 1. The molecule has 1 saturated carbocycles. The van der Waals surface area contributed by atoms with Gasteiger partial charge in [0.2, 0.25) is 5.88 Å². The fourth-order valence-electron chi connectivity index (χ4n) is 2.70. The quantitative estimate of drug-likeness (QED) is 0.916. The van der Waals surface area contributed by atoms with Gasteiger partial charge in [-0.25, -0.2) is 4.98 Å². The first kappa shape index (κ1) is 13.0. The van der Waals surface area contributed by atoms with E-state index >= 15 is 0 Å². The summed E-state index contributed by atoms with van der Waals surface area (Å²) >= 11 is 0. The van der Waals surface area contributed by atoms with E-state index in [1.807, 2.05) is 6.07 Å². The van der Waals surface area contributed by atoms with Crippen molar-refractivity contribution >= 4 is 10.8 Å². The first-order chi connectivity index (χ1) is 10.4. The summed E-state index contributed by atoms with van der Waals surface area (Å²) in [6, 6.07) is 11.1. The molecule has 0 bridgehead atoms. The molecule has 4 rings (SSSR count). The van der Waals surface area contributed by atoms with Gasteiger partial charge in [-0.3, -0.25) is 0 Å². The zero-order chi connectivity index (χ0) is 14.1. The van der Waals surface area contributed by atoms with Gasteiger partial charge >= 0.3 is 0 Å². The molecule has 1 atom stereocenters. The molecule has 2 fully saturated rings. The van der Waals surface area contributed by atoms with Crippen molar-refractivity contribution in [3.63, 3.8) is 0 Å². The van der Waals surface area contributed by atoms with Crippen molar-refractivity contribution in [2.24, 2.45) is 0 Å². The van der Waals surface area contributed by atoms with Gasteiger partial charge in [-0.2, -0.15) is 0 Å². The molecular formula is C17H20N2O2. The molecule has 110 valence electrons. The van der Waals surface area contributed by atoms with Crippen LogP contribution in [0, 0.1) is 0 Å². The maximum atomic E-state index is 6.09. The predicted molar refractivity (Wildman–Crippen MR) is 81.5 cm³/mol. The molecule has 4 nitrogen and oxygen atoms in total. The van der Waals surface area contributed by atoms with Crippen LogP contribution >= 0.6 is 0 Å². The smallest absolute Gasteiger partial charge is 0.221 e. The van der Waals surface area contributed by atoms with Crippen LogP contribution in [0.3, 0.4) is 0 Å². The molecule has 1 aromatic heterocycles. The largest absolute Gasteiger partial charge is 0.471 e. The Morgan fingerprint density at radius 3 is 2.95 bits per heavy atom. The van der Waals surface area contributed by atoms with E-state index in [1.54, 1.807) is 0 Å². The average Bonchev–Trinajstić information content (AvgIpc) is 3.21. The minimum absolute atomic E-state index is 0.132. The molecule has 1 saturated heterocycles. The molecule has 0 amide bonds. The van der Waals surface area contributed by atoms with Gasteiger partial charge < -0.3 is 14.8 Å². The summed E-state index contributed by atoms with van der Waals surface area (Å²) in [7, 11) is 0. The maximum Gasteiger partial charge on any atom is 0.221 e. The molecule has 2 aromatic rings. The normalized spacial score (nSPS) is 21.8. The SMILES string of the molecule is c1ccc2c(OC3CCOC3)nc(CNC3CC3)cc2c1. The molecule has 0 spiro atoms. The third kappa shape index (κ3) is 3.01. The van der Waals surface area contributed by atoms with Crippen LogP contribution in [0.2, 0.25) is 0 Å². The summed E-state index contributed by atoms with van der Waals surface area (Å²) in [5.74, 6) is 0.746. The monoisotopic (exact) mass is 284 g/mol. The lowest BCUT2D eigenvalue weighted by Gasteiger charge is -2.14. The third-order valence-corrected chi connectivity index (χ3v) is 4.07. The highest BCUT2D eigenvalue weighted by molar-refractivity contribution is 5.87. The number of aromatic nitrogens is 1. The van der Waals surface area contributed by atoms with Crippen LogP contribution in [-0.4, -0.2) is 30.3 Å². The zero-order valence-electron chi connectivity index (χ0n) is 12.0. The van der Waals surface area contributed by atoms with Crippen molar-refractivity contribution in [3.8, 4) is 5.88 Å². The van der Waals surface area contributed by atoms with Crippen molar-refractivity contribution in [1.29, 1.82) is 0 Å². The van der Waals surface area contributed by atoms with Gasteiger partial charge in [0, 0.05) is 24.4 Å². The summed E-state index contributed by atoms with van der Waals surface area (Å²) < 4.78 is 11.5. The van der Waals surface area contributed by atoms with Crippen LogP contribution in [-0.2, 0) is 11.3 Å². The second-order valence-corrected chi connectivity index (χ2v) is 5.90. The number of nitrogens with one attached hydrogen (secondary N) is 1. The molecule has 1 aromatic carbocycles. The minimum Gasteiger partial charge on any atom is -0.471 e. The lowest BCUT2D eigenvalue weighted by molar-refractivity contribution is 0.139. The van der Waals surface area contributed by atoms with Crippen LogP contribution in [0.1, 0.15) is 25.0 Å². The van der Waals surface area contributed by atoms with Crippen molar-refractivity contribution in [1.82, 2.24) is 10.3 Å². The number of benzene rings is 1. The van der Waals surface area contributed by atoms with E-state index in [-0.39, 0.29) is 6.10 Å². The van der Waals surface area contributed by atoms with Crippen molar-refractivity contribution < 1.29 is 9.47 Å². The van der Waals surface area contributed by atoms with Gasteiger partial charge in [0.1, 0.15) is 6.10 Å². The fourth-order valence-corrected chi connectivity index (χ4v) is 2.70. The first-order valence-corrected chi connectivity index (χ1v) is 7.75. The van der Waals surface area contributed by atoms with Gasteiger partial charge in [0.15, 0.2) is 0 Å². The van der Waals surface area contributed by atoms with E-state index in [9.17, 15) is 0 Å². The molecule has 2 aliphatic rings.